The molecule has 0 radical (unpaired) electrons. The lowest BCUT2D eigenvalue weighted by atomic mass is 10.2. The lowest BCUT2D eigenvalue weighted by Crippen LogP contribution is -2.28. The maximum atomic E-state index is 13.2. The van der Waals surface area contributed by atoms with Crippen LogP contribution >= 0.6 is 0 Å². The Morgan fingerprint density at radius 2 is 1.78 bits per heavy atom. The van der Waals surface area contributed by atoms with E-state index in [0.717, 1.165) is 10.6 Å². The third-order valence-electron chi connectivity index (χ3n) is 3.23. The van der Waals surface area contributed by atoms with Crippen molar-refractivity contribution in [1.82, 2.24) is 9.55 Å². The highest BCUT2D eigenvalue weighted by molar-refractivity contribution is 5.90. The molecule has 0 saturated heterocycles. The molecule has 116 valence electrons. The van der Waals surface area contributed by atoms with Gasteiger partial charge in [-0.15, -0.1) is 0 Å². The van der Waals surface area contributed by atoms with Crippen LogP contribution in [0.3, 0.4) is 0 Å². The van der Waals surface area contributed by atoms with Crippen LogP contribution in [0.15, 0.2) is 53.6 Å². The van der Waals surface area contributed by atoms with Crippen LogP contribution < -0.4 is 10.9 Å². The number of rotatable bonds is 3. The highest BCUT2D eigenvalue weighted by Gasteiger charge is 2.09. The van der Waals surface area contributed by atoms with E-state index in [4.69, 9.17) is 0 Å². The molecule has 0 aliphatic rings. The van der Waals surface area contributed by atoms with E-state index in [0.29, 0.717) is 11.2 Å². The van der Waals surface area contributed by atoms with Crippen molar-refractivity contribution in [1.29, 1.82) is 0 Å². The molecule has 0 saturated carbocycles. The molecule has 0 atom stereocenters. The second-order valence-electron chi connectivity index (χ2n) is 4.89. The summed E-state index contributed by atoms with van der Waals surface area (Å²) in [5.41, 5.74) is 0.250. The Morgan fingerprint density at radius 3 is 2.52 bits per heavy atom. The van der Waals surface area contributed by atoms with E-state index in [1.54, 1.807) is 0 Å². The molecule has 1 heterocycles. The lowest BCUT2D eigenvalue weighted by Gasteiger charge is -2.08. The Bertz CT molecular complexity index is 936. The Hall–Kier alpha value is -3.09. The lowest BCUT2D eigenvalue weighted by molar-refractivity contribution is -0.116. The molecule has 0 bridgehead atoms. The Labute approximate surface area is 129 Å². The molecular formula is C16H11F2N3O2. The topological polar surface area (TPSA) is 64.0 Å². The molecule has 7 heteroatoms. The molecule has 2 aromatic carbocycles. The van der Waals surface area contributed by atoms with E-state index in [-0.39, 0.29) is 11.9 Å². The maximum absolute atomic E-state index is 13.2. The number of nitrogens with one attached hydrogen (secondary N) is 1. The highest BCUT2D eigenvalue weighted by atomic mass is 19.1. The fraction of sp³-hybridized carbons (Fsp3) is 0.0625. The van der Waals surface area contributed by atoms with E-state index in [9.17, 15) is 18.4 Å². The zero-order valence-corrected chi connectivity index (χ0v) is 11.8. The third kappa shape index (κ3) is 3.23. The number of amides is 1. The Morgan fingerprint density at radius 1 is 1.09 bits per heavy atom. The summed E-state index contributed by atoms with van der Waals surface area (Å²) in [7, 11) is 0. The first-order valence-corrected chi connectivity index (χ1v) is 6.73. The van der Waals surface area contributed by atoms with Crippen molar-refractivity contribution >= 4 is 22.5 Å². The van der Waals surface area contributed by atoms with Crippen LogP contribution in [0, 0.1) is 11.6 Å². The van der Waals surface area contributed by atoms with Gasteiger partial charge in [0.25, 0.3) is 5.56 Å². The molecule has 0 aliphatic carbocycles. The Balaban J connectivity index is 1.83. The first kappa shape index (κ1) is 14.8. The van der Waals surface area contributed by atoms with Crippen molar-refractivity contribution < 1.29 is 13.6 Å². The van der Waals surface area contributed by atoms with Crippen molar-refractivity contribution in [3.63, 3.8) is 0 Å². The van der Waals surface area contributed by atoms with Crippen LogP contribution in [0.1, 0.15) is 0 Å². The summed E-state index contributed by atoms with van der Waals surface area (Å²) in [6.07, 6.45) is 1.23. The van der Waals surface area contributed by atoms with Crippen LogP contribution in [-0.4, -0.2) is 15.5 Å². The van der Waals surface area contributed by atoms with E-state index >= 15 is 0 Å². The minimum absolute atomic E-state index is 0.0992. The number of anilines is 1. The average molecular weight is 315 g/mol. The summed E-state index contributed by atoms with van der Waals surface area (Å²) in [5.74, 6) is -1.44. The van der Waals surface area contributed by atoms with Gasteiger partial charge in [-0.1, -0.05) is 0 Å². The van der Waals surface area contributed by atoms with Crippen LogP contribution in [0.2, 0.25) is 0 Å². The van der Waals surface area contributed by atoms with Gasteiger partial charge in [-0.05, 0) is 42.5 Å². The molecule has 3 aromatic rings. The third-order valence-corrected chi connectivity index (χ3v) is 3.23. The number of hydrogen-bond donors (Lipinski definition) is 1. The van der Waals surface area contributed by atoms with Gasteiger partial charge in [-0.25, -0.2) is 13.8 Å². The minimum atomic E-state index is -0.551. The van der Waals surface area contributed by atoms with Gasteiger partial charge in [0.15, 0.2) is 0 Å². The van der Waals surface area contributed by atoms with Gasteiger partial charge in [0.05, 0.1) is 17.2 Å². The smallest absolute Gasteiger partial charge is 0.261 e. The molecule has 0 unspecified atom stereocenters. The molecule has 3 rings (SSSR count). The van der Waals surface area contributed by atoms with Gasteiger partial charge in [0, 0.05) is 5.69 Å². The number of nitrogens with zero attached hydrogens (tertiary/aromatic N) is 2. The first-order valence-electron chi connectivity index (χ1n) is 6.73. The molecule has 5 nitrogen and oxygen atoms in total. The summed E-state index contributed by atoms with van der Waals surface area (Å²) in [5, 5.41) is 2.64. The molecule has 23 heavy (non-hydrogen) atoms. The second kappa shape index (κ2) is 5.96. The van der Waals surface area contributed by atoms with Crippen molar-refractivity contribution in [3.05, 3.63) is 70.8 Å². The zero-order chi connectivity index (χ0) is 16.4. The summed E-state index contributed by atoms with van der Waals surface area (Å²) >= 11 is 0. The van der Waals surface area contributed by atoms with Crippen molar-refractivity contribution in [3.8, 4) is 0 Å². The summed E-state index contributed by atoms with van der Waals surface area (Å²) < 4.78 is 27.1. The number of fused-ring (bicyclic) bond motifs is 1. The van der Waals surface area contributed by atoms with Crippen LogP contribution in [0.25, 0.3) is 10.9 Å². The van der Waals surface area contributed by atoms with Gasteiger partial charge in [0.1, 0.15) is 18.2 Å². The number of benzene rings is 2. The summed E-state index contributed by atoms with van der Waals surface area (Å²) in [6.45, 7) is -0.282. The van der Waals surface area contributed by atoms with E-state index in [1.165, 1.54) is 42.7 Å². The predicted molar refractivity (Wildman–Crippen MR) is 81.0 cm³/mol. The fourth-order valence-corrected chi connectivity index (χ4v) is 2.13. The van der Waals surface area contributed by atoms with Gasteiger partial charge in [-0.2, -0.15) is 0 Å². The van der Waals surface area contributed by atoms with E-state index in [2.05, 4.69) is 10.3 Å². The quantitative estimate of drug-likeness (QED) is 0.807. The highest BCUT2D eigenvalue weighted by Crippen LogP contribution is 2.10. The van der Waals surface area contributed by atoms with Gasteiger partial charge >= 0.3 is 0 Å². The molecule has 0 spiro atoms. The van der Waals surface area contributed by atoms with Crippen LogP contribution in [-0.2, 0) is 11.3 Å². The molecule has 1 aromatic heterocycles. The van der Waals surface area contributed by atoms with Crippen LogP contribution in [0.5, 0.6) is 0 Å². The standard InChI is InChI=1S/C16H11F2N3O2/c17-10-1-4-12(5-2-10)20-15(22)8-21-9-19-14-6-3-11(18)7-13(14)16(21)23/h1-7,9H,8H2,(H,20,22). The largest absolute Gasteiger partial charge is 0.325 e. The molecule has 1 N–H and O–H groups in total. The SMILES string of the molecule is O=C(Cn1cnc2ccc(F)cc2c1=O)Nc1ccc(F)cc1. The van der Waals surface area contributed by atoms with Gasteiger partial charge in [0.2, 0.25) is 5.91 Å². The molecule has 1 amide bonds. The normalized spacial score (nSPS) is 10.7. The number of carbonyl (C=O) groups excluding carboxylic acids is 1. The molecule has 0 aliphatic heterocycles. The van der Waals surface area contributed by atoms with E-state index < -0.39 is 23.1 Å². The molecule has 0 fully saturated rings. The monoisotopic (exact) mass is 315 g/mol. The van der Waals surface area contributed by atoms with Crippen molar-refractivity contribution in [2.75, 3.05) is 5.32 Å². The second-order valence-corrected chi connectivity index (χ2v) is 4.89. The number of aromatic nitrogens is 2. The molecular weight excluding hydrogens is 304 g/mol. The summed E-state index contributed by atoms with van der Waals surface area (Å²) in [4.78, 5) is 28.2. The van der Waals surface area contributed by atoms with E-state index in [1.807, 2.05) is 0 Å². The maximum Gasteiger partial charge on any atom is 0.261 e. The number of halogens is 2. The van der Waals surface area contributed by atoms with Crippen LogP contribution in [0.4, 0.5) is 14.5 Å². The minimum Gasteiger partial charge on any atom is -0.325 e. The summed E-state index contributed by atoms with van der Waals surface area (Å²) in [6, 6.07) is 8.92. The Kier molecular flexibility index (Phi) is 3.84. The predicted octanol–water partition coefficient (Wildman–Crippen LogP) is 2.31. The number of hydrogen-bond acceptors (Lipinski definition) is 3. The average Bonchev–Trinajstić information content (AvgIpc) is 2.53. The number of carbonyl (C=O) groups is 1. The van der Waals surface area contributed by atoms with Crippen molar-refractivity contribution in [2.24, 2.45) is 0 Å². The van der Waals surface area contributed by atoms with Gasteiger partial charge < -0.3 is 5.32 Å². The zero-order valence-electron chi connectivity index (χ0n) is 11.8. The van der Waals surface area contributed by atoms with Gasteiger partial charge in [-0.3, -0.25) is 14.2 Å². The van der Waals surface area contributed by atoms with Crippen molar-refractivity contribution in [2.45, 2.75) is 6.54 Å². The first-order chi connectivity index (χ1) is 11.0. The fourth-order valence-electron chi connectivity index (χ4n) is 2.13.